The number of rotatable bonds is 6. The van der Waals surface area contributed by atoms with E-state index in [4.69, 9.17) is 4.74 Å². The number of benzene rings is 1. The molecule has 0 unspecified atom stereocenters. The Bertz CT molecular complexity index is 643. The van der Waals surface area contributed by atoms with Gasteiger partial charge in [0.15, 0.2) is 0 Å². The van der Waals surface area contributed by atoms with Crippen molar-refractivity contribution in [3.05, 3.63) is 55.0 Å². The number of nitrogens with one attached hydrogen (secondary N) is 2. The van der Waals surface area contributed by atoms with E-state index in [0.717, 1.165) is 0 Å². The first-order chi connectivity index (χ1) is 10.2. The number of hydrogen-bond acceptors (Lipinski definition) is 5. The molecular weight excluding hydrogens is 268 g/mol. The predicted molar refractivity (Wildman–Crippen MR) is 81.7 cm³/mol. The second-order valence-electron chi connectivity index (χ2n) is 4.14. The highest BCUT2D eigenvalue weighted by Gasteiger charge is 2.09. The average molecular weight is 284 g/mol. The molecule has 0 atom stereocenters. The van der Waals surface area contributed by atoms with E-state index in [0.29, 0.717) is 23.8 Å². The van der Waals surface area contributed by atoms with Gasteiger partial charge >= 0.3 is 0 Å². The number of amides is 1. The monoisotopic (exact) mass is 284 g/mol. The van der Waals surface area contributed by atoms with E-state index in [1.807, 2.05) is 0 Å². The first-order valence-electron chi connectivity index (χ1n) is 6.35. The van der Waals surface area contributed by atoms with Crippen LogP contribution in [0.15, 0.2) is 49.3 Å². The average Bonchev–Trinajstić information content (AvgIpc) is 2.53. The van der Waals surface area contributed by atoms with Crippen molar-refractivity contribution in [2.75, 3.05) is 24.3 Å². The molecule has 0 saturated carbocycles. The summed E-state index contributed by atoms with van der Waals surface area (Å²) < 4.78 is 5.11. The van der Waals surface area contributed by atoms with Crippen LogP contribution in [-0.2, 0) is 0 Å². The van der Waals surface area contributed by atoms with Crippen LogP contribution in [0.1, 0.15) is 10.5 Å². The fourth-order valence-electron chi connectivity index (χ4n) is 1.65. The van der Waals surface area contributed by atoms with Gasteiger partial charge in [0, 0.05) is 24.4 Å². The van der Waals surface area contributed by atoms with E-state index in [1.54, 1.807) is 43.5 Å². The molecule has 1 aromatic heterocycles. The molecule has 1 aromatic carbocycles. The molecule has 0 fully saturated rings. The SMILES string of the molecule is C=CCNc1cc(C(=O)Nc2cccc(OC)c2)ncn1. The summed E-state index contributed by atoms with van der Waals surface area (Å²) in [5.41, 5.74) is 0.915. The number of hydrogen-bond donors (Lipinski definition) is 2. The predicted octanol–water partition coefficient (Wildman–Crippen LogP) is 2.34. The van der Waals surface area contributed by atoms with Gasteiger partial charge < -0.3 is 15.4 Å². The van der Waals surface area contributed by atoms with E-state index < -0.39 is 0 Å². The summed E-state index contributed by atoms with van der Waals surface area (Å²) in [6.07, 6.45) is 3.05. The van der Waals surface area contributed by atoms with Gasteiger partial charge in [-0.3, -0.25) is 4.79 Å². The van der Waals surface area contributed by atoms with E-state index >= 15 is 0 Å². The third kappa shape index (κ3) is 4.04. The van der Waals surface area contributed by atoms with E-state index in [-0.39, 0.29) is 11.6 Å². The topological polar surface area (TPSA) is 76.1 Å². The molecule has 0 radical (unpaired) electrons. The fraction of sp³-hybridized carbons (Fsp3) is 0.133. The van der Waals surface area contributed by atoms with Gasteiger partial charge in [0.2, 0.25) is 0 Å². The van der Waals surface area contributed by atoms with Gasteiger partial charge in [-0.15, -0.1) is 6.58 Å². The van der Waals surface area contributed by atoms with Crippen LogP contribution in [0.2, 0.25) is 0 Å². The van der Waals surface area contributed by atoms with Gasteiger partial charge in [-0.25, -0.2) is 9.97 Å². The number of carbonyl (C=O) groups excluding carboxylic acids is 1. The van der Waals surface area contributed by atoms with Crippen LogP contribution in [0.5, 0.6) is 5.75 Å². The van der Waals surface area contributed by atoms with Gasteiger partial charge in [0.1, 0.15) is 23.6 Å². The lowest BCUT2D eigenvalue weighted by molar-refractivity contribution is 0.102. The third-order valence-electron chi connectivity index (χ3n) is 2.65. The molecule has 0 aliphatic carbocycles. The van der Waals surface area contributed by atoms with Crippen LogP contribution in [-0.4, -0.2) is 29.5 Å². The highest BCUT2D eigenvalue weighted by atomic mass is 16.5. The summed E-state index contributed by atoms with van der Waals surface area (Å²) >= 11 is 0. The van der Waals surface area contributed by atoms with Gasteiger partial charge in [-0.1, -0.05) is 12.1 Å². The van der Waals surface area contributed by atoms with Crippen LogP contribution in [0, 0.1) is 0 Å². The highest BCUT2D eigenvalue weighted by Crippen LogP contribution is 2.17. The summed E-state index contributed by atoms with van der Waals surface area (Å²) in [7, 11) is 1.57. The van der Waals surface area contributed by atoms with Crippen molar-refractivity contribution in [1.82, 2.24) is 9.97 Å². The molecule has 1 amide bonds. The third-order valence-corrected chi connectivity index (χ3v) is 2.65. The van der Waals surface area contributed by atoms with Crippen LogP contribution < -0.4 is 15.4 Å². The zero-order valence-corrected chi connectivity index (χ0v) is 11.7. The maximum absolute atomic E-state index is 12.1. The first-order valence-corrected chi connectivity index (χ1v) is 6.35. The Kier molecular flexibility index (Phi) is 4.87. The lowest BCUT2D eigenvalue weighted by Gasteiger charge is -2.07. The van der Waals surface area contributed by atoms with Crippen molar-refractivity contribution in [2.45, 2.75) is 0 Å². The minimum atomic E-state index is -0.313. The van der Waals surface area contributed by atoms with Crippen molar-refractivity contribution >= 4 is 17.4 Å². The van der Waals surface area contributed by atoms with Crippen molar-refractivity contribution in [1.29, 1.82) is 0 Å². The molecule has 0 aliphatic rings. The van der Waals surface area contributed by atoms with E-state index in [9.17, 15) is 4.79 Å². The Balaban J connectivity index is 2.10. The fourth-order valence-corrected chi connectivity index (χ4v) is 1.65. The molecule has 0 aliphatic heterocycles. The molecule has 108 valence electrons. The van der Waals surface area contributed by atoms with Gasteiger partial charge in [-0.2, -0.15) is 0 Å². The molecule has 0 saturated heterocycles. The van der Waals surface area contributed by atoms with Gasteiger partial charge in [0.05, 0.1) is 7.11 Å². The van der Waals surface area contributed by atoms with Crippen molar-refractivity contribution in [3.8, 4) is 5.75 Å². The standard InChI is InChI=1S/C15H16N4O2/c1-3-7-16-14-9-13(17-10-18-14)15(20)19-11-5-4-6-12(8-11)21-2/h3-6,8-10H,1,7H2,2H3,(H,19,20)(H,16,17,18). The zero-order chi connectivity index (χ0) is 15.1. The van der Waals surface area contributed by atoms with E-state index in [2.05, 4.69) is 27.2 Å². The number of aromatic nitrogens is 2. The molecule has 1 heterocycles. The van der Waals surface area contributed by atoms with Crippen LogP contribution in [0.25, 0.3) is 0 Å². The number of carbonyl (C=O) groups is 1. The number of anilines is 2. The largest absolute Gasteiger partial charge is 0.497 e. The zero-order valence-electron chi connectivity index (χ0n) is 11.7. The smallest absolute Gasteiger partial charge is 0.274 e. The maximum Gasteiger partial charge on any atom is 0.274 e. The summed E-state index contributed by atoms with van der Waals surface area (Å²) in [6.45, 7) is 4.17. The minimum absolute atomic E-state index is 0.277. The van der Waals surface area contributed by atoms with Gasteiger partial charge in [-0.05, 0) is 12.1 Å². The Morgan fingerprint density at radius 2 is 2.24 bits per heavy atom. The molecule has 2 rings (SSSR count). The second kappa shape index (κ2) is 7.04. The highest BCUT2D eigenvalue weighted by molar-refractivity contribution is 6.03. The normalized spacial score (nSPS) is 9.76. The second-order valence-corrected chi connectivity index (χ2v) is 4.14. The Morgan fingerprint density at radius 1 is 1.38 bits per heavy atom. The number of nitrogens with zero attached hydrogens (tertiary/aromatic N) is 2. The molecule has 2 aromatic rings. The van der Waals surface area contributed by atoms with Crippen molar-refractivity contribution < 1.29 is 9.53 Å². The molecule has 0 bridgehead atoms. The summed E-state index contributed by atoms with van der Waals surface area (Å²) in [4.78, 5) is 20.1. The molecule has 6 nitrogen and oxygen atoms in total. The Hall–Kier alpha value is -2.89. The first kappa shape index (κ1) is 14.5. The quantitative estimate of drug-likeness (QED) is 0.796. The van der Waals surface area contributed by atoms with Crippen LogP contribution in [0.3, 0.4) is 0 Å². The summed E-state index contributed by atoms with van der Waals surface area (Å²) in [5.74, 6) is 0.928. The molecule has 6 heteroatoms. The van der Waals surface area contributed by atoms with Crippen molar-refractivity contribution in [2.24, 2.45) is 0 Å². The van der Waals surface area contributed by atoms with Crippen LogP contribution >= 0.6 is 0 Å². The summed E-state index contributed by atoms with van der Waals surface area (Å²) in [6, 6.07) is 8.69. The van der Waals surface area contributed by atoms with Crippen LogP contribution in [0.4, 0.5) is 11.5 Å². The maximum atomic E-state index is 12.1. The lowest BCUT2D eigenvalue weighted by atomic mass is 10.3. The Labute approximate surface area is 122 Å². The molecule has 2 N–H and O–H groups in total. The van der Waals surface area contributed by atoms with E-state index in [1.165, 1.54) is 6.33 Å². The Morgan fingerprint density at radius 3 is 3.00 bits per heavy atom. The van der Waals surface area contributed by atoms with Gasteiger partial charge in [0.25, 0.3) is 5.91 Å². The number of methoxy groups -OCH3 is 1. The molecule has 0 spiro atoms. The molecular formula is C15H16N4O2. The summed E-state index contributed by atoms with van der Waals surface area (Å²) in [5, 5.41) is 5.76. The minimum Gasteiger partial charge on any atom is -0.497 e. The molecule has 21 heavy (non-hydrogen) atoms. The number of ether oxygens (including phenoxy) is 1. The lowest BCUT2D eigenvalue weighted by Crippen LogP contribution is -2.14. The van der Waals surface area contributed by atoms with Crippen molar-refractivity contribution in [3.63, 3.8) is 0 Å².